The second kappa shape index (κ2) is 5.21. The molecule has 1 heterocycles. The molecule has 0 aliphatic heterocycles. The maximum atomic E-state index is 6.04. The van der Waals surface area contributed by atoms with Gasteiger partial charge in [-0.2, -0.15) is 5.10 Å². The van der Waals surface area contributed by atoms with E-state index in [4.69, 9.17) is 17.3 Å². The van der Waals surface area contributed by atoms with Crippen LogP contribution in [-0.2, 0) is 0 Å². The van der Waals surface area contributed by atoms with Crippen molar-refractivity contribution in [3.05, 3.63) is 51.7 Å². The molecule has 0 aliphatic rings. The molecular weight excluding hydrogens is 302 g/mol. The normalized spacial score (nSPS) is 14.6. The molecule has 3 nitrogen and oxygen atoms in total. The highest BCUT2D eigenvalue weighted by atomic mass is 79.9. The largest absolute Gasteiger partial charge is 0.326 e. The molecular formula is C12H13BrClN3. The Kier molecular flexibility index (Phi) is 3.86. The Hall–Kier alpha value is -0.840. The molecule has 2 N–H and O–H groups in total. The monoisotopic (exact) mass is 313 g/mol. The molecule has 90 valence electrons. The van der Waals surface area contributed by atoms with Crippen LogP contribution in [0.1, 0.15) is 18.5 Å². The van der Waals surface area contributed by atoms with Crippen molar-refractivity contribution in [2.75, 3.05) is 0 Å². The minimum atomic E-state index is -0.0389. The predicted molar refractivity (Wildman–Crippen MR) is 73.2 cm³/mol. The van der Waals surface area contributed by atoms with Crippen LogP contribution in [0.5, 0.6) is 0 Å². The van der Waals surface area contributed by atoms with Crippen molar-refractivity contribution in [3.63, 3.8) is 0 Å². The molecule has 0 saturated carbocycles. The third kappa shape index (κ3) is 2.89. The first kappa shape index (κ1) is 12.6. The first-order valence-corrected chi connectivity index (χ1v) is 6.45. The van der Waals surface area contributed by atoms with Gasteiger partial charge in [-0.15, -0.1) is 0 Å². The summed E-state index contributed by atoms with van der Waals surface area (Å²) in [6.07, 6.45) is 3.67. The zero-order chi connectivity index (χ0) is 12.4. The van der Waals surface area contributed by atoms with E-state index in [2.05, 4.69) is 21.0 Å². The van der Waals surface area contributed by atoms with E-state index in [9.17, 15) is 0 Å². The quantitative estimate of drug-likeness (QED) is 0.945. The van der Waals surface area contributed by atoms with Gasteiger partial charge in [0.1, 0.15) is 0 Å². The number of nitrogens with two attached hydrogens (primary N) is 1. The lowest BCUT2D eigenvalue weighted by Crippen LogP contribution is -2.30. The first-order chi connectivity index (χ1) is 8.08. The predicted octanol–water partition coefficient (Wildman–Crippen LogP) is 3.24. The molecule has 2 atom stereocenters. The molecule has 1 aromatic heterocycles. The van der Waals surface area contributed by atoms with Crippen LogP contribution in [0.3, 0.4) is 0 Å². The molecule has 0 amide bonds. The van der Waals surface area contributed by atoms with Gasteiger partial charge in [-0.05, 0) is 40.5 Å². The Morgan fingerprint density at radius 1 is 1.35 bits per heavy atom. The first-order valence-electron chi connectivity index (χ1n) is 5.28. The number of benzene rings is 1. The van der Waals surface area contributed by atoms with Crippen LogP contribution in [0.2, 0.25) is 5.02 Å². The molecule has 2 unspecified atom stereocenters. The molecule has 0 aliphatic carbocycles. The zero-order valence-corrected chi connectivity index (χ0v) is 11.7. The highest BCUT2D eigenvalue weighted by Gasteiger charge is 2.18. The maximum Gasteiger partial charge on any atom is 0.0917 e. The molecule has 2 rings (SSSR count). The molecule has 0 radical (unpaired) electrons. The fourth-order valence-corrected chi connectivity index (χ4v) is 2.25. The topological polar surface area (TPSA) is 43.8 Å². The van der Waals surface area contributed by atoms with E-state index in [1.54, 1.807) is 6.20 Å². The van der Waals surface area contributed by atoms with Gasteiger partial charge in [0.15, 0.2) is 0 Å². The van der Waals surface area contributed by atoms with Crippen molar-refractivity contribution in [1.82, 2.24) is 9.78 Å². The van der Waals surface area contributed by atoms with E-state index >= 15 is 0 Å². The van der Waals surface area contributed by atoms with E-state index in [1.807, 2.05) is 42.1 Å². The Morgan fingerprint density at radius 2 is 2.00 bits per heavy atom. The van der Waals surface area contributed by atoms with Crippen LogP contribution in [0.25, 0.3) is 0 Å². The van der Waals surface area contributed by atoms with Crippen molar-refractivity contribution >= 4 is 27.5 Å². The van der Waals surface area contributed by atoms with Crippen LogP contribution in [-0.4, -0.2) is 15.8 Å². The smallest absolute Gasteiger partial charge is 0.0917 e. The summed E-state index contributed by atoms with van der Waals surface area (Å²) >= 11 is 9.27. The summed E-state index contributed by atoms with van der Waals surface area (Å²) in [4.78, 5) is 0. The SMILES string of the molecule is CC(N)C(c1ccc(Cl)cc1)n1cc(Br)cn1. The van der Waals surface area contributed by atoms with Crippen molar-refractivity contribution in [1.29, 1.82) is 0 Å². The van der Waals surface area contributed by atoms with Gasteiger partial charge >= 0.3 is 0 Å². The average molecular weight is 315 g/mol. The highest BCUT2D eigenvalue weighted by molar-refractivity contribution is 9.10. The lowest BCUT2D eigenvalue weighted by molar-refractivity contribution is 0.454. The van der Waals surface area contributed by atoms with Gasteiger partial charge in [0.05, 0.1) is 16.7 Å². The molecule has 0 spiro atoms. The van der Waals surface area contributed by atoms with Crippen LogP contribution in [0, 0.1) is 0 Å². The number of halogens is 2. The lowest BCUT2D eigenvalue weighted by Gasteiger charge is -2.21. The molecule has 1 aromatic carbocycles. The van der Waals surface area contributed by atoms with Crippen LogP contribution >= 0.6 is 27.5 Å². The lowest BCUT2D eigenvalue weighted by atomic mass is 10.0. The summed E-state index contributed by atoms with van der Waals surface area (Å²) in [6.45, 7) is 1.97. The second-order valence-electron chi connectivity index (χ2n) is 3.99. The van der Waals surface area contributed by atoms with E-state index in [-0.39, 0.29) is 12.1 Å². The molecule has 0 saturated heterocycles. The summed E-state index contributed by atoms with van der Waals surface area (Å²) in [7, 11) is 0. The van der Waals surface area contributed by atoms with Gasteiger partial charge in [0, 0.05) is 17.3 Å². The number of nitrogens with zero attached hydrogens (tertiary/aromatic N) is 2. The second-order valence-corrected chi connectivity index (χ2v) is 5.35. The van der Waals surface area contributed by atoms with Crippen molar-refractivity contribution in [2.24, 2.45) is 5.73 Å². The van der Waals surface area contributed by atoms with Crippen LogP contribution in [0.15, 0.2) is 41.1 Å². The summed E-state index contributed by atoms with van der Waals surface area (Å²) < 4.78 is 2.80. The molecule has 2 aromatic rings. The van der Waals surface area contributed by atoms with Crippen LogP contribution in [0.4, 0.5) is 0 Å². The van der Waals surface area contributed by atoms with Gasteiger partial charge in [0.2, 0.25) is 0 Å². The van der Waals surface area contributed by atoms with Gasteiger partial charge in [-0.1, -0.05) is 23.7 Å². The summed E-state index contributed by atoms with van der Waals surface area (Å²) in [5.74, 6) is 0. The fourth-order valence-electron chi connectivity index (χ4n) is 1.82. The van der Waals surface area contributed by atoms with Crippen molar-refractivity contribution < 1.29 is 0 Å². The van der Waals surface area contributed by atoms with Crippen molar-refractivity contribution in [2.45, 2.75) is 19.0 Å². The van der Waals surface area contributed by atoms with Gasteiger partial charge in [0.25, 0.3) is 0 Å². The molecule has 0 fully saturated rings. The van der Waals surface area contributed by atoms with Gasteiger partial charge in [-0.25, -0.2) is 0 Å². The summed E-state index contributed by atoms with van der Waals surface area (Å²) in [6, 6.07) is 7.66. The third-order valence-corrected chi connectivity index (χ3v) is 3.23. The minimum Gasteiger partial charge on any atom is -0.326 e. The number of hydrogen-bond acceptors (Lipinski definition) is 2. The minimum absolute atomic E-state index is 0.0126. The fraction of sp³-hybridized carbons (Fsp3) is 0.250. The summed E-state index contributed by atoms with van der Waals surface area (Å²) in [5.41, 5.74) is 7.14. The van der Waals surface area contributed by atoms with Gasteiger partial charge in [-0.3, -0.25) is 4.68 Å². The standard InChI is InChI=1S/C12H13BrClN3/c1-8(15)12(17-7-10(13)6-16-17)9-2-4-11(14)5-3-9/h2-8,12H,15H2,1H3. The van der Waals surface area contributed by atoms with E-state index in [1.165, 1.54) is 0 Å². The van der Waals surface area contributed by atoms with Crippen molar-refractivity contribution in [3.8, 4) is 0 Å². The Balaban J connectivity index is 2.39. The number of hydrogen-bond donors (Lipinski definition) is 1. The Morgan fingerprint density at radius 3 is 2.47 bits per heavy atom. The highest BCUT2D eigenvalue weighted by Crippen LogP contribution is 2.23. The summed E-state index contributed by atoms with van der Waals surface area (Å²) in [5, 5.41) is 5.01. The van der Waals surface area contributed by atoms with Gasteiger partial charge < -0.3 is 5.73 Å². The Labute approximate surface area is 114 Å². The Bertz CT molecular complexity index is 493. The number of rotatable bonds is 3. The third-order valence-electron chi connectivity index (χ3n) is 2.56. The zero-order valence-electron chi connectivity index (χ0n) is 9.35. The average Bonchev–Trinajstić information content (AvgIpc) is 2.68. The maximum absolute atomic E-state index is 6.04. The molecule has 17 heavy (non-hydrogen) atoms. The van der Waals surface area contributed by atoms with E-state index in [0.717, 1.165) is 15.1 Å². The molecule has 0 bridgehead atoms. The van der Waals surface area contributed by atoms with E-state index < -0.39 is 0 Å². The van der Waals surface area contributed by atoms with Crippen LogP contribution < -0.4 is 5.73 Å². The number of aromatic nitrogens is 2. The van der Waals surface area contributed by atoms with E-state index in [0.29, 0.717) is 0 Å². The molecule has 5 heteroatoms.